The Labute approximate surface area is 214 Å². The van der Waals surface area contributed by atoms with Crippen LogP contribution in [0.3, 0.4) is 0 Å². The molecule has 0 fully saturated rings. The highest BCUT2D eigenvalue weighted by atomic mass is 16.5. The molecule has 3 aromatic carbocycles. The van der Waals surface area contributed by atoms with Crippen molar-refractivity contribution in [1.29, 1.82) is 0 Å². The fourth-order valence-electron chi connectivity index (χ4n) is 4.55. The summed E-state index contributed by atoms with van der Waals surface area (Å²) in [5, 5.41) is 21.5. The molecule has 8 nitrogen and oxygen atoms in total. The monoisotopic (exact) mass is 499 g/mol. The van der Waals surface area contributed by atoms with E-state index in [4.69, 9.17) is 4.74 Å². The number of esters is 1. The van der Waals surface area contributed by atoms with Gasteiger partial charge in [-0.2, -0.15) is 0 Å². The van der Waals surface area contributed by atoms with E-state index < -0.39 is 17.1 Å². The van der Waals surface area contributed by atoms with Gasteiger partial charge >= 0.3 is 5.97 Å². The second kappa shape index (κ2) is 9.46. The zero-order chi connectivity index (χ0) is 26.2. The van der Waals surface area contributed by atoms with Crippen LogP contribution in [0.25, 0.3) is 11.0 Å². The van der Waals surface area contributed by atoms with Gasteiger partial charge in [-0.05, 0) is 23.8 Å². The molecular weight excluding hydrogens is 470 g/mol. The number of hydrogen-bond acceptors (Lipinski definition) is 6. The largest absolute Gasteiger partial charge is 0.465 e. The van der Waals surface area contributed by atoms with E-state index >= 15 is 0 Å². The summed E-state index contributed by atoms with van der Waals surface area (Å²) in [4.78, 5) is 34.8. The molecule has 1 amide bonds. The molecule has 37 heavy (non-hydrogen) atoms. The molecule has 0 spiro atoms. The summed E-state index contributed by atoms with van der Waals surface area (Å²) in [7, 11) is 0. The van der Waals surface area contributed by atoms with Gasteiger partial charge in [0.2, 0.25) is 0 Å². The number of nitrogens with one attached hydrogen (secondary N) is 1. The molecule has 1 atom stereocenters. The standard InChI is InChI=1S/C29H29N3O5/c1-28(2,17-33)18-37-26(34)15-25-30-23-13-12-20(14-24(23)31-25)29(36)22-11-7-6-10-21(22)27(35)32(29)16-19-8-4-3-5-9-19/h3-14,33,36H,15-18H2,1-2H3,(H,30,31). The number of imidazole rings is 1. The number of aromatic nitrogens is 2. The minimum Gasteiger partial charge on any atom is -0.465 e. The normalized spacial score (nSPS) is 17.3. The summed E-state index contributed by atoms with van der Waals surface area (Å²) >= 11 is 0. The van der Waals surface area contributed by atoms with Crippen LogP contribution < -0.4 is 0 Å². The van der Waals surface area contributed by atoms with Crippen molar-refractivity contribution in [3.63, 3.8) is 0 Å². The summed E-state index contributed by atoms with van der Waals surface area (Å²) in [6.45, 7) is 3.85. The Hall–Kier alpha value is -4.01. The maximum absolute atomic E-state index is 13.4. The average molecular weight is 500 g/mol. The van der Waals surface area contributed by atoms with Crippen LogP contribution in [0.2, 0.25) is 0 Å². The number of carbonyl (C=O) groups excluding carboxylic acids is 2. The topological polar surface area (TPSA) is 116 Å². The Bertz CT molecular complexity index is 1460. The predicted molar refractivity (Wildman–Crippen MR) is 137 cm³/mol. The molecule has 0 aliphatic carbocycles. The number of fused-ring (bicyclic) bond motifs is 2. The van der Waals surface area contributed by atoms with Gasteiger partial charge in [-0.1, -0.05) is 68.4 Å². The second-order valence-electron chi connectivity index (χ2n) is 10.2. The van der Waals surface area contributed by atoms with Crippen molar-refractivity contribution in [3.8, 4) is 0 Å². The number of amides is 1. The van der Waals surface area contributed by atoms with Gasteiger partial charge in [0.25, 0.3) is 5.91 Å². The molecule has 4 aromatic rings. The van der Waals surface area contributed by atoms with E-state index in [-0.39, 0.29) is 32.1 Å². The number of hydrogen-bond donors (Lipinski definition) is 3. The zero-order valence-corrected chi connectivity index (χ0v) is 20.8. The Morgan fingerprint density at radius 2 is 1.81 bits per heavy atom. The lowest BCUT2D eigenvalue weighted by Crippen LogP contribution is -2.44. The van der Waals surface area contributed by atoms with E-state index in [1.54, 1.807) is 56.3 Å². The lowest BCUT2D eigenvalue weighted by atomic mass is 9.93. The third-order valence-electron chi connectivity index (χ3n) is 6.65. The molecule has 1 unspecified atom stereocenters. The number of ether oxygens (including phenoxy) is 1. The number of aromatic amines is 1. The smallest absolute Gasteiger partial charge is 0.313 e. The quantitative estimate of drug-likeness (QED) is 0.320. The Morgan fingerprint density at radius 1 is 1.08 bits per heavy atom. The van der Waals surface area contributed by atoms with Crippen molar-refractivity contribution < 1.29 is 24.5 Å². The van der Waals surface area contributed by atoms with Crippen molar-refractivity contribution in [1.82, 2.24) is 14.9 Å². The van der Waals surface area contributed by atoms with Gasteiger partial charge in [0.15, 0.2) is 5.72 Å². The van der Waals surface area contributed by atoms with Gasteiger partial charge in [-0.25, -0.2) is 4.98 Å². The molecule has 190 valence electrons. The fraction of sp³-hybridized carbons (Fsp3) is 0.276. The first-order valence-corrected chi connectivity index (χ1v) is 12.1. The van der Waals surface area contributed by atoms with E-state index in [0.29, 0.717) is 33.5 Å². The van der Waals surface area contributed by atoms with E-state index in [0.717, 1.165) is 5.56 Å². The van der Waals surface area contributed by atoms with Crippen LogP contribution in [0.1, 0.15) is 46.7 Å². The molecule has 0 bridgehead atoms. The van der Waals surface area contributed by atoms with E-state index in [1.807, 2.05) is 30.3 Å². The van der Waals surface area contributed by atoms with Crippen LogP contribution in [0.15, 0.2) is 72.8 Å². The zero-order valence-electron chi connectivity index (χ0n) is 20.8. The molecule has 0 saturated heterocycles. The second-order valence-corrected chi connectivity index (χ2v) is 10.2. The SMILES string of the molecule is CC(C)(CO)COC(=O)Cc1nc2ccc(C3(O)c4ccccc4C(=O)N3Cc3ccccc3)cc2[nH]1. The van der Waals surface area contributed by atoms with Gasteiger partial charge in [-0.3, -0.25) is 14.5 Å². The summed E-state index contributed by atoms with van der Waals surface area (Å²) < 4.78 is 5.30. The first-order chi connectivity index (χ1) is 17.7. The van der Waals surface area contributed by atoms with E-state index in [9.17, 15) is 19.8 Å². The Morgan fingerprint density at radius 3 is 2.57 bits per heavy atom. The Kier molecular flexibility index (Phi) is 6.31. The van der Waals surface area contributed by atoms with Crippen LogP contribution in [-0.4, -0.2) is 50.2 Å². The fourth-order valence-corrected chi connectivity index (χ4v) is 4.55. The summed E-state index contributed by atoms with van der Waals surface area (Å²) in [5.41, 5.74) is 1.43. The maximum atomic E-state index is 13.4. The highest BCUT2D eigenvalue weighted by molar-refractivity contribution is 6.00. The average Bonchev–Trinajstić information content (AvgIpc) is 3.40. The summed E-state index contributed by atoms with van der Waals surface area (Å²) in [5.74, 6) is -0.278. The number of rotatable bonds is 8. The molecule has 1 aromatic heterocycles. The highest BCUT2D eigenvalue weighted by Gasteiger charge is 2.49. The molecule has 1 aliphatic rings. The molecule has 0 radical (unpaired) electrons. The van der Waals surface area contributed by atoms with Gasteiger partial charge in [0, 0.05) is 28.7 Å². The molecule has 2 heterocycles. The van der Waals surface area contributed by atoms with Crippen LogP contribution >= 0.6 is 0 Å². The van der Waals surface area contributed by atoms with Crippen molar-refractivity contribution in [3.05, 3.63) is 101 Å². The lowest BCUT2D eigenvalue weighted by molar-refractivity contribution is -0.146. The number of aliphatic hydroxyl groups is 2. The number of H-pyrrole nitrogens is 1. The first kappa shape index (κ1) is 24.7. The van der Waals surface area contributed by atoms with Gasteiger partial charge in [0.05, 0.1) is 24.2 Å². The van der Waals surface area contributed by atoms with Gasteiger partial charge in [-0.15, -0.1) is 0 Å². The van der Waals surface area contributed by atoms with Crippen LogP contribution in [-0.2, 0) is 28.2 Å². The third-order valence-corrected chi connectivity index (χ3v) is 6.65. The molecule has 3 N–H and O–H groups in total. The molecular formula is C29H29N3O5. The molecule has 5 rings (SSSR count). The van der Waals surface area contributed by atoms with Gasteiger partial charge in [0.1, 0.15) is 12.2 Å². The molecule has 0 saturated carbocycles. The van der Waals surface area contributed by atoms with E-state index in [2.05, 4.69) is 9.97 Å². The lowest BCUT2D eigenvalue weighted by Gasteiger charge is -2.35. The number of benzene rings is 3. The van der Waals surface area contributed by atoms with Crippen LogP contribution in [0, 0.1) is 5.41 Å². The van der Waals surface area contributed by atoms with Gasteiger partial charge < -0.3 is 19.9 Å². The van der Waals surface area contributed by atoms with Crippen molar-refractivity contribution in [2.45, 2.75) is 32.5 Å². The predicted octanol–water partition coefficient (Wildman–Crippen LogP) is 3.52. The van der Waals surface area contributed by atoms with Crippen molar-refractivity contribution >= 4 is 22.9 Å². The number of aliphatic hydroxyl groups excluding tert-OH is 1. The first-order valence-electron chi connectivity index (χ1n) is 12.1. The highest BCUT2D eigenvalue weighted by Crippen LogP contribution is 2.43. The minimum absolute atomic E-state index is 0.0583. The van der Waals surface area contributed by atoms with E-state index in [1.165, 1.54) is 4.90 Å². The molecule has 8 heteroatoms. The van der Waals surface area contributed by atoms with Crippen molar-refractivity contribution in [2.75, 3.05) is 13.2 Å². The summed E-state index contributed by atoms with van der Waals surface area (Å²) in [6, 6.07) is 21.9. The minimum atomic E-state index is -1.68. The van der Waals surface area contributed by atoms with Crippen molar-refractivity contribution in [2.24, 2.45) is 5.41 Å². The van der Waals surface area contributed by atoms with Crippen LogP contribution in [0.5, 0.6) is 0 Å². The maximum Gasteiger partial charge on any atom is 0.313 e. The molecule has 1 aliphatic heterocycles. The Balaban J connectivity index is 1.47. The number of nitrogens with zero attached hydrogens (tertiary/aromatic N) is 2. The summed E-state index contributed by atoms with van der Waals surface area (Å²) in [6.07, 6.45) is -0.0583. The third kappa shape index (κ3) is 4.61. The number of carbonyl (C=O) groups is 2. The van der Waals surface area contributed by atoms with Crippen LogP contribution in [0.4, 0.5) is 0 Å².